The van der Waals surface area contributed by atoms with Crippen molar-refractivity contribution in [2.75, 3.05) is 6.54 Å². The summed E-state index contributed by atoms with van der Waals surface area (Å²) >= 11 is 3.57. The number of carbonyl (C=O) groups is 1. The molecule has 4 aliphatic carbocycles. The lowest BCUT2D eigenvalue weighted by atomic mass is 9.43. The Labute approximate surface area is 238 Å². The van der Waals surface area contributed by atoms with Crippen LogP contribution in [0.25, 0.3) is 0 Å². The third-order valence-corrected chi connectivity index (χ3v) is 13.3. The molecule has 210 valence electrons. The summed E-state index contributed by atoms with van der Waals surface area (Å²) in [6.07, 6.45) is 11.0. The summed E-state index contributed by atoms with van der Waals surface area (Å²) < 4.78 is 1.12. The van der Waals surface area contributed by atoms with Crippen LogP contribution in [0.5, 0.6) is 0 Å². The predicted octanol–water partition coefficient (Wildman–Crippen LogP) is 6.74. The molecule has 1 aromatic rings. The van der Waals surface area contributed by atoms with Crippen LogP contribution in [0.3, 0.4) is 0 Å². The van der Waals surface area contributed by atoms with Crippen LogP contribution in [0.1, 0.15) is 96.1 Å². The van der Waals surface area contributed by atoms with Gasteiger partial charge in [0.05, 0.1) is 12.2 Å². The number of aliphatic hydroxyl groups excluding tert-OH is 2. The van der Waals surface area contributed by atoms with Crippen LogP contribution in [0.15, 0.2) is 22.7 Å². The van der Waals surface area contributed by atoms with E-state index in [-0.39, 0.29) is 23.0 Å². The van der Waals surface area contributed by atoms with Gasteiger partial charge >= 0.3 is 0 Å². The third-order valence-electron chi connectivity index (χ3n) is 12.8. The minimum Gasteiger partial charge on any atom is -0.393 e. The number of benzene rings is 1. The van der Waals surface area contributed by atoms with Crippen LogP contribution in [0, 0.1) is 46.3 Å². The molecule has 1 aromatic carbocycles. The van der Waals surface area contributed by atoms with Crippen molar-refractivity contribution in [2.45, 2.75) is 110 Å². The number of amides is 1. The Kier molecular flexibility index (Phi) is 7.30. The highest BCUT2D eigenvalue weighted by Gasteiger charge is 2.62. The molecule has 5 heteroatoms. The minimum absolute atomic E-state index is 0.174. The molecule has 0 aromatic heterocycles. The van der Waals surface area contributed by atoms with Crippen molar-refractivity contribution in [3.05, 3.63) is 33.8 Å². The number of rotatable bonds is 4. The topological polar surface area (TPSA) is 60.8 Å². The number of carbonyl (C=O) groups excluding carboxylic acids is 1. The first kappa shape index (κ1) is 27.3. The summed E-state index contributed by atoms with van der Waals surface area (Å²) in [6, 6.07) is 6.45. The Bertz CT molecular complexity index is 1060. The molecule has 4 fully saturated rings. The molecular weight excluding hydrogens is 538 g/mol. The maximum atomic E-state index is 13.2. The number of nitrogens with zero attached hydrogens (tertiary/aromatic N) is 1. The summed E-state index contributed by atoms with van der Waals surface area (Å²) in [6.45, 7) is 9.01. The highest BCUT2D eigenvalue weighted by molar-refractivity contribution is 9.10. The second-order valence-electron chi connectivity index (χ2n) is 14.4. The number of hydrogen-bond acceptors (Lipinski definition) is 3. The van der Waals surface area contributed by atoms with Gasteiger partial charge in [0, 0.05) is 24.0 Å². The molecule has 38 heavy (non-hydrogen) atoms. The van der Waals surface area contributed by atoms with E-state index in [9.17, 15) is 15.0 Å². The van der Waals surface area contributed by atoms with Crippen molar-refractivity contribution in [1.82, 2.24) is 4.90 Å². The van der Waals surface area contributed by atoms with Crippen LogP contribution in [0.2, 0.25) is 0 Å². The van der Waals surface area contributed by atoms with Crippen molar-refractivity contribution in [3.8, 4) is 0 Å². The number of hydrogen-bond donors (Lipinski definition) is 2. The van der Waals surface area contributed by atoms with Crippen LogP contribution in [-0.4, -0.2) is 39.8 Å². The van der Waals surface area contributed by atoms with Gasteiger partial charge in [-0.05, 0) is 134 Å². The van der Waals surface area contributed by atoms with E-state index in [1.807, 2.05) is 0 Å². The lowest BCUT2D eigenvalue weighted by molar-refractivity contribution is -0.174. The summed E-state index contributed by atoms with van der Waals surface area (Å²) in [5, 5.41) is 21.8. The molecular formula is C33H48BrNO3. The van der Waals surface area contributed by atoms with Gasteiger partial charge in [0.2, 0.25) is 5.91 Å². The molecule has 5 aliphatic rings. The Hall–Kier alpha value is -0.910. The lowest BCUT2D eigenvalue weighted by Gasteiger charge is -2.62. The summed E-state index contributed by atoms with van der Waals surface area (Å²) in [7, 11) is 0. The van der Waals surface area contributed by atoms with Crippen molar-refractivity contribution in [3.63, 3.8) is 0 Å². The van der Waals surface area contributed by atoms with Crippen molar-refractivity contribution in [2.24, 2.45) is 46.3 Å². The first-order valence-electron chi connectivity index (χ1n) is 15.5. The van der Waals surface area contributed by atoms with Gasteiger partial charge in [0.15, 0.2) is 0 Å². The fraction of sp³-hybridized carbons (Fsp3) is 0.788. The van der Waals surface area contributed by atoms with Gasteiger partial charge in [-0.2, -0.15) is 0 Å². The molecule has 1 amide bonds. The van der Waals surface area contributed by atoms with Gasteiger partial charge < -0.3 is 15.1 Å². The monoisotopic (exact) mass is 585 g/mol. The molecule has 1 aliphatic heterocycles. The average Bonchev–Trinajstić information content (AvgIpc) is 3.25. The summed E-state index contributed by atoms with van der Waals surface area (Å²) in [5.41, 5.74) is 3.22. The zero-order chi connectivity index (χ0) is 26.8. The lowest BCUT2D eigenvalue weighted by Crippen LogP contribution is -2.58. The predicted molar refractivity (Wildman–Crippen MR) is 154 cm³/mol. The Morgan fingerprint density at radius 1 is 1.05 bits per heavy atom. The summed E-state index contributed by atoms with van der Waals surface area (Å²) in [5.74, 6) is 3.57. The molecule has 0 saturated heterocycles. The number of aliphatic hydroxyl groups is 2. The maximum Gasteiger partial charge on any atom is 0.222 e. The minimum atomic E-state index is -0.216. The maximum absolute atomic E-state index is 13.2. The highest BCUT2D eigenvalue weighted by Crippen LogP contribution is 2.68. The number of halogens is 1. The molecule has 1 heterocycles. The average molecular weight is 587 g/mol. The zero-order valence-electron chi connectivity index (χ0n) is 23.7. The fourth-order valence-electron chi connectivity index (χ4n) is 10.6. The van der Waals surface area contributed by atoms with Crippen LogP contribution < -0.4 is 0 Å². The van der Waals surface area contributed by atoms with Gasteiger partial charge in [0.1, 0.15) is 0 Å². The van der Waals surface area contributed by atoms with E-state index in [1.165, 1.54) is 36.8 Å². The largest absolute Gasteiger partial charge is 0.393 e. The van der Waals surface area contributed by atoms with E-state index in [1.54, 1.807) is 0 Å². The van der Waals surface area contributed by atoms with E-state index < -0.39 is 0 Å². The van der Waals surface area contributed by atoms with E-state index in [0.29, 0.717) is 47.8 Å². The fourth-order valence-corrected chi connectivity index (χ4v) is 11.0. The van der Waals surface area contributed by atoms with Crippen LogP contribution in [-0.2, 0) is 17.8 Å². The summed E-state index contributed by atoms with van der Waals surface area (Å²) in [4.78, 5) is 15.3. The second kappa shape index (κ2) is 10.2. The smallest absolute Gasteiger partial charge is 0.222 e. The first-order valence-corrected chi connectivity index (χ1v) is 16.3. The normalized spacial score (nSPS) is 43.0. The third kappa shape index (κ3) is 4.51. The van der Waals surface area contributed by atoms with E-state index >= 15 is 0 Å². The SMILES string of the molecule is C[C@H](CCC(=O)N1CCc2cc(Br)ccc2C1)[C@H]1CC[C@H]2[C@@H]3[C@@H](O)C[C@@H]4C[C@H](O)CC[C@]4(C)[C@H]3CC[C@]12C. The Morgan fingerprint density at radius 2 is 1.82 bits per heavy atom. The van der Waals surface area contributed by atoms with Crippen LogP contribution >= 0.6 is 15.9 Å². The first-order chi connectivity index (χ1) is 18.1. The molecule has 0 radical (unpaired) electrons. The van der Waals surface area contributed by atoms with Gasteiger partial charge in [-0.15, -0.1) is 0 Å². The zero-order valence-corrected chi connectivity index (χ0v) is 25.3. The molecule has 10 atom stereocenters. The second-order valence-corrected chi connectivity index (χ2v) is 15.4. The standard InChI is InChI=1S/C33H48BrNO3/c1-20(4-9-30(38)35-15-12-21-16-24(34)6-5-22(21)19-35)26-7-8-27-31-28(11-14-33(26,27)3)32(2)13-10-25(36)17-23(32)18-29(31)37/h5-6,16,20,23,25-29,31,36-37H,4,7-15,17-19H2,1-3H3/t20-,23+,25-,26-,27+,28+,29+,31+,32+,33-/m1/s1. The Balaban J connectivity index is 1.10. The highest BCUT2D eigenvalue weighted by atomic mass is 79.9. The van der Waals surface area contributed by atoms with Gasteiger partial charge in [-0.3, -0.25) is 4.79 Å². The molecule has 6 rings (SSSR count). The van der Waals surface area contributed by atoms with Crippen LogP contribution in [0.4, 0.5) is 0 Å². The van der Waals surface area contributed by atoms with Gasteiger partial charge in [0.25, 0.3) is 0 Å². The van der Waals surface area contributed by atoms with Gasteiger partial charge in [-0.25, -0.2) is 0 Å². The molecule has 0 unspecified atom stereocenters. The van der Waals surface area contributed by atoms with Crippen molar-refractivity contribution in [1.29, 1.82) is 0 Å². The molecule has 0 bridgehead atoms. The van der Waals surface area contributed by atoms with E-state index in [2.05, 4.69) is 59.8 Å². The van der Waals surface area contributed by atoms with Crippen molar-refractivity contribution >= 4 is 21.8 Å². The van der Waals surface area contributed by atoms with Gasteiger partial charge in [-0.1, -0.05) is 42.8 Å². The molecule has 4 saturated carbocycles. The van der Waals surface area contributed by atoms with Crippen molar-refractivity contribution < 1.29 is 15.0 Å². The van der Waals surface area contributed by atoms with E-state index in [0.717, 1.165) is 56.1 Å². The Morgan fingerprint density at radius 3 is 2.63 bits per heavy atom. The number of fused-ring (bicyclic) bond motifs is 6. The van der Waals surface area contributed by atoms with E-state index in [4.69, 9.17) is 0 Å². The molecule has 2 N–H and O–H groups in total. The quantitative estimate of drug-likeness (QED) is 0.411. The molecule has 0 spiro atoms. The molecule has 4 nitrogen and oxygen atoms in total.